The molecule has 98 valence electrons. The summed E-state index contributed by atoms with van der Waals surface area (Å²) in [4.78, 5) is 9.64. The molecule has 0 aromatic heterocycles. The molecule has 0 radical (unpaired) electrons. The standard InChI is InChI=1S/C8H10O2.C6H8O2.K/c1-7(9)10-8-5-3-2-4-6-8;1-2-3-4-5-6(7)8;/h2-7,9H,1H3;2-5H,1H3,(H,7,8);/q;;+1/p-1. The average molecular weight is 288 g/mol. The van der Waals surface area contributed by atoms with E-state index in [0.717, 1.165) is 6.08 Å². The number of carboxylic acid groups (broad SMARTS) is 1. The SMILES string of the molecule is CC(O)Oc1ccccc1.CC=CC=CC(=O)[O-].[K+]. The van der Waals surface area contributed by atoms with Gasteiger partial charge in [-0.1, -0.05) is 36.4 Å². The first-order valence-corrected chi connectivity index (χ1v) is 5.46. The molecule has 0 aliphatic rings. The summed E-state index contributed by atoms with van der Waals surface area (Å²) in [5.41, 5.74) is 0. The summed E-state index contributed by atoms with van der Waals surface area (Å²) in [7, 11) is 0. The molecule has 0 amide bonds. The van der Waals surface area contributed by atoms with E-state index in [0.29, 0.717) is 5.75 Å². The third-order valence-corrected chi connectivity index (χ3v) is 1.59. The molecule has 1 atom stereocenters. The number of aliphatic carboxylic acids is 1. The Labute approximate surface area is 156 Å². The van der Waals surface area contributed by atoms with Crippen molar-refractivity contribution in [3.63, 3.8) is 0 Å². The second-order valence-corrected chi connectivity index (χ2v) is 3.23. The molecule has 0 heterocycles. The molecule has 1 aromatic rings. The van der Waals surface area contributed by atoms with Gasteiger partial charge in [0.1, 0.15) is 5.75 Å². The molecule has 1 unspecified atom stereocenters. The number of allylic oxidation sites excluding steroid dienone is 3. The number of carboxylic acids is 1. The van der Waals surface area contributed by atoms with Crippen molar-refractivity contribution in [3.8, 4) is 5.75 Å². The van der Waals surface area contributed by atoms with E-state index in [1.54, 1.807) is 38.1 Å². The summed E-state index contributed by atoms with van der Waals surface area (Å²) >= 11 is 0. The van der Waals surface area contributed by atoms with Gasteiger partial charge in [0.25, 0.3) is 0 Å². The fourth-order valence-corrected chi connectivity index (χ4v) is 0.941. The van der Waals surface area contributed by atoms with Crippen molar-refractivity contribution in [2.75, 3.05) is 0 Å². The number of para-hydroxylation sites is 1. The first kappa shape index (κ1) is 20.9. The van der Waals surface area contributed by atoms with E-state index in [9.17, 15) is 9.90 Å². The second-order valence-electron chi connectivity index (χ2n) is 3.23. The number of hydrogen-bond acceptors (Lipinski definition) is 4. The van der Waals surface area contributed by atoms with Crippen LogP contribution in [0, 0.1) is 0 Å². The number of aliphatic hydroxyl groups excluding tert-OH is 1. The maximum Gasteiger partial charge on any atom is 1.00 e. The van der Waals surface area contributed by atoms with Gasteiger partial charge in [-0.15, -0.1) is 0 Å². The van der Waals surface area contributed by atoms with Gasteiger partial charge in [-0.3, -0.25) is 0 Å². The molecule has 0 aliphatic carbocycles. The molecule has 4 nitrogen and oxygen atoms in total. The first-order valence-electron chi connectivity index (χ1n) is 5.46. The summed E-state index contributed by atoms with van der Waals surface area (Å²) in [6.07, 6.45) is 5.01. The van der Waals surface area contributed by atoms with Crippen LogP contribution in [0.2, 0.25) is 0 Å². The number of ether oxygens (including phenoxy) is 1. The molecular weight excluding hydrogens is 271 g/mol. The van der Waals surface area contributed by atoms with Gasteiger partial charge in [-0.25, -0.2) is 0 Å². The van der Waals surface area contributed by atoms with E-state index in [1.807, 2.05) is 18.2 Å². The topological polar surface area (TPSA) is 69.6 Å². The zero-order chi connectivity index (χ0) is 13.8. The van der Waals surface area contributed by atoms with Crippen LogP contribution in [0.4, 0.5) is 0 Å². The van der Waals surface area contributed by atoms with Crippen molar-refractivity contribution in [2.45, 2.75) is 20.1 Å². The monoisotopic (exact) mass is 288 g/mol. The Kier molecular flexibility index (Phi) is 15.4. The summed E-state index contributed by atoms with van der Waals surface area (Å²) in [5, 5.41) is 18.4. The number of rotatable bonds is 4. The molecule has 0 spiro atoms. The summed E-state index contributed by atoms with van der Waals surface area (Å²) in [6.45, 7) is 3.38. The normalized spacial score (nSPS) is 11.3. The van der Waals surface area contributed by atoms with Crippen LogP contribution in [0.15, 0.2) is 54.6 Å². The van der Waals surface area contributed by atoms with E-state index in [1.165, 1.54) is 6.08 Å². The van der Waals surface area contributed by atoms with Crippen LogP contribution >= 0.6 is 0 Å². The molecule has 0 saturated heterocycles. The Hall–Kier alpha value is -0.434. The van der Waals surface area contributed by atoms with Gasteiger partial charge < -0.3 is 19.7 Å². The fraction of sp³-hybridized carbons (Fsp3) is 0.214. The van der Waals surface area contributed by atoms with Crippen molar-refractivity contribution in [3.05, 3.63) is 54.6 Å². The van der Waals surface area contributed by atoms with Crippen molar-refractivity contribution >= 4 is 5.97 Å². The number of benzene rings is 1. The Morgan fingerprint density at radius 2 is 1.89 bits per heavy atom. The van der Waals surface area contributed by atoms with Gasteiger partial charge in [0, 0.05) is 0 Å². The Morgan fingerprint density at radius 1 is 1.32 bits per heavy atom. The second kappa shape index (κ2) is 14.0. The van der Waals surface area contributed by atoms with E-state index < -0.39 is 12.3 Å². The Morgan fingerprint density at radius 3 is 2.32 bits per heavy atom. The summed E-state index contributed by atoms with van der Waals surface area (Å²) in [6, 6.07) is 9.21. The van der Waals surface area contributed by atoms with Gasteiger partial charge in [-0.2, -0.15) is 0 Å². The maximum atomic E-state index is 9.64. The predicted molar refractivity (Wildman–Crippen MR) is 67.7 cm³/mol. The zero-order valence-electron chi connectivity index (χ0n) is 11.4. The van der Waals surface area contributed by atoms with Gasteiger partial charge in [-0.05, 0) is 32.1 Å². The van der Waals surface area contributed by atoms with Crippen LogP contribution in [-0.4, -0.2) is 17.4 Å². The molecule has 5 heteroatoms. The smallest absolute Gasteiger partial charge is 0.545 e. The van der Waals surface area contributed by atoms with Crippen LogP contribution in [-0.2, 0) is 4.79 Å². The van der Waals surface area contributed by atoms with Gasteiger partial charge >= 0.3 is 51.4 Å². The third kappa shape index (κ3) is 15.5. The van der Waals surface area contributed by atoms with E-state index >= 15 is 0 Å². The molecule has 1 rings (SSSR count). The Bertz CT molecular complexity index is 386. The fourth-order valence-electron chi connectivity index (χ4n) is 0.941. The molecule has 0 fully saturated rings. The van der Waals surface area contributed by atoms with Gasteiger partial charge in [0.2, 0.25) is 0 Å². The quantitative estimate of drug-likeness (QED) is 0.310. The minimum atomic E-state index is -1.16. The van der Waals surface area contributed by atoms with Crippen LogP contribution in [0.1, 0.15) is 13.8 Å². The maximum absolute atomic E-state index is 9.64. The largest absolute Gasteiger partial charge is 1.00 e. The molecule has 19 heavy (non-hydrogen) atoms. The number of hydrogen-bond donors (Lipinski definition) is 1. The van der Waals surface area contributed by atoms with Crippen LogP contribution < -0.4 is 61.2 Å². The average Bonchev–Trinajstić information content (AvgIpc) is 2.30. The first-order chi connectivity index (χ1) is 8.56. The molecule has 1 aromatic carbocycles. The van der Waals surface area contributed by atoms with Gasteiger partial charge in [0.05, 0.1) is 5.97 Å². The van der Waals surface area contributed by atoms with Crippen molar-refractivity contribution in [1.29, 1.82) is 0 Å². The number of aliphatic hydroxyl groups is 1. The van der Waals surface area contributed by atoms with Crippen molar-refractivity contribution in [2.24, 2.45) is 0 Å². The number of carbonyl (C=O) groups is 1. The minimum absolute atomic E-state index is 0. The minimum Gasteiger partial charge on any atom is -0.545 e. The molecule has 0 aliphatic heterocycles. The number of carbonyl (C=O) groups excluding carboxylic acids is 1. The molecule has 0 bridgehead atoms. The van der Waals surface area contributed by atoms with Crippen LogP contribution in [0.5, 0.6) is 5.75 Å². The summed E-state index contributed by atoms with van der Waals surface area (Å²) < 4.78 is 4.97. The van der Waals surface area contributed by atoms with Crippen molar-refractivity contribution in [1.82, 2.24) is 0 Å². The van der Waals surface area contributed by atoms with Crippen molar-refractivity contribution < 1.29 is 71.1 Å². The molecular formula is C14H17KO4. The van der Waals surface area contributed by atoms with Gasteiger partial charge in [0.15, 0.2) is 6.29 Å². The van der Waals surface area contributed by atoms with Crippen LogP contribution in [0.3, 0.4) is 0 Å². The zero-order valence-corrected chi connectivity index (χ0v) is 14.6. The van der Waals surface area contributed by atoms with Crippen LogP contribution in [0.25, 0.3) is 0 Å². The Balaban J connectivity index is 0. The van der Waals surface area contributed by atoms with E-state index in [2.05, 4.69) is 0 Å². The summed E-state index contributed by atoms with van der Waals surface area (Å²) in [5.74, 6) is -0.472. The third-order valence-electron chi connectivity index (χ3n) is 1.59. The van der Waals surface area contributed by atoms with E-state index in [-0.39, 0.29) is 51.4 Å². The molecule has 0 saturated carbocycles. The van der Waals surface area contributed by atoms with E-state index in [4.69, 9.17) is 9.84 Å². The molecule has 1 N–H and O–H groups in total. The predicted octanol–water partition coefficient (Wildman–Crippen LogP) is -1.72.